The van der Waals surface area contributed by atoms with Gasteiger partial charge in [-0.1, -0.05) is 56.4 Å². The van der Waals surface area contributed by atoms with Gasteiger partial charge in [0.1, 0.15) is 18.2 Å². The van der Waals surface area contributed by atoms with Crippen LogP contribution < -0.4 is 10.6 Å². The summed E-state index contributed by atoms with van der Waals surface area (Å²) in [7, 11) is 0. The fourth-order valence-corrected chi connectivity index (χ4v) is 4.95. The normalized spacial score (nSPS) is 12.2. The number of alkyl halides is 3. The Kier molecular flexibility index (Phi) is 11.6. The number of carbonyl (C=O) groups excluding carboxylic acids is 1. The maximum atomic E-state index is 15.0. The highest BCUT2D eigenvalue weighted by molar-refractivity contribution is 7.14. The topological polar surface area (TPSA) is 119 Å². The van der Waals surface area contributed by atoms with Crippen LogP contribution in [0.2, 0.25) is 0 Å². The highest BCUT2D eigenvalue weighted by atomic mass is 32.1. The number of benzene rings is 1. The van der Waals surface area contributed by atoms with E-state index >= 15 is 0 Å². The van der Waals surface area contributed by atoms with Crippen LogP contribution in [-0.2, 0) is 22.1 Å². The minimum absolute atomic E-state index is 0.0699. The Bertz CT molecular complexity index is 1300. The summed E-state index contributed by atoms with van der Waals surface area (Å²) in [5.74, 6) is -2.56. The van der Waals surface area contributed by atoms with Crippen molar-refractivity contribution in [2.24, 2.45) is 11.7 Å². The molecule has 0 aliphatic carbocycles. The van der Waals surface area contributed by atoms with Gasteiger partial charge in [-0.3, -0.25) is 9.78 Å². The van der Waals surface area contributed by atoms with Crippen LogP contribution in [-0.4, -0.2) is 40.3 Å². The van der Waals surface area contributed by atoms with Crippen LogP contribution in [0.5, 0.6) is 0 Å². The number of pyridine rings is 1. The van der Waals surface area contributed by atoms with Gasteiger partial charge in [0.2, 0.25) is 10.3 Å². The summed E-state index contributed by atoms with van der Waals surface area (Å²) in [5.41, 5.74) is 4.44. The van der Waals surface area contributed by atoms with Gasteiger partial charge in [0, 0.05) is 24.5 Å². The van der Waals surface area contributed by atoms with Gasteiger partial charge in [0.05, 0.1) is 11.3 Å². The number of ether oxygens (including phenoxy) is 1. The van der Waals surface area contributed by atoms with Crippen LogP contribution in [0, 0.1) is 11.0 Å². The molecule has 1 aromatic carbocycles. The molecule has 13 heteroatoms. The molecule has 1 atom stereocenters. The Balaban J connectivity index is 1.99. The van der Waals surface area contributed by atoms with Crippen molar-refractivity contribution in [3.8, 4) is 11.3 Å². The quantitative estimate of drug-likeness (QED) is 0.149. The first-order valence-electron chi connectivity index (χ1n) is 13.2. The fourth-order valence-electron chi connectivity index (χ4n) is 4.12. The van der Waals surface area contributed by atoms with E-state index in [4.69, 9.17) is 10.5 Å². The first-order valence-corrected chi connectivity index (χ1v) is 14.0. The third-order valence-corrected chi connectivity index (χ3v) is 7.21. The number of halogens is 4. The minimum Gasteiger partial charge on any atom is -0.481 e. The number of carboxylic acid groups (broad SMARTS) is 1. The molecular formula is C28H32F4N4O4S. The molecule has 222 valence electrons. The van der Waals surface area contributed by atoms with Crippen molar-refractivity contribution < 1.29 is 37.0 Å². The second kappa shape index (κ2) is 14.9. The lowest BCUT2D eigenvalue weighted by molar-refractivity contribution is -0.142. The SMILES string of the molecule is CCCCCCCCc1ccc(N(C(=O)OCC(CN)C(=O)O)c2nc(-c3cccnc3)c(F)s2)cc1C(F)(F)F. The lowest BCUT2D eigenvalue weighted by Crippen LogP contribution is -2.33. The molecule has 0 saturated heterocycles. The standard InChI is InChI=1S/C28H32F4N4O4S/c1-2-3-4-5-6-7-9-18-11-12-21(14-22(18)28(30,31)32)36(27(39)40-17-20(15-33)25(37)38)26-35-23(24(29)41-26)19-10-8-13-34-16-19/h8,10-14,16,20H,2-7,9,15,17,33H2,1H3,(H,37,38). The van der Waals surface area contributed by atoms with E-state index in [9.17, 15) is 32.3 Å². The third kappa shape index (κ3) is 8.70. The van der Waals surface area contributed by atoms with Gasteiger partial charge < -0.3 is 15.6 Å². The Labute approximate surface area is 239 Å². The predicted molar refractivity (Wildman–Crippen MR) is 147 cm³/mol. The summed E-state index contributed by atoms with van der Waals surface area (Å²) in [6.07, 6.45) is 2.51. The Morgan fingerprint density at radius 1 is 1.15 bits per heavy atom. The number of hydrogen-bond donors (Lipinski definition) is 2. The summed E-state index contributed by atoms with van der Waals surface area (Å²) in [6.45, 7) is 1.09. The van der Waals surface area contributed by atoms with Gasteiger partial charge in [-0.05, 0) is 42.7 Å². The van der Waals surface area contributed by atoms with Gasteiger partial charge in [-0.15, -0.1) is 0 Å². The number of unbranched alkanes of at least 4 members (excludes halogenated alkanes) is 5. The number of carbonyl (C=O) groups is 2. The van der Waals surface area contributed by atoms with Crippen LogP contribution in [0.4, 0.5) is 33.2 Å². The second-order valence-electron chi connectivity index (χ2n) is 9.40. The molecule has 1 amide bonds. The minimum atomic E-state index is -4.73. The Hall–Kier alpha value is -3.58. The van der Waals surface area contributed by atoms with Crippen molar-refractivity contribution in [3.05, 3.63) is 59.0 Å². The molecule has 2 heterocycles. The molecular weight excluding hydrogens is 564 g/mol. The number of thiazole rings is 1. The van der Waals surface area contributed by atoms with Gasteiger partial charge >= 0.3 is 18.2 Å². The summed E-state index contributed by atoms with van der Waals surface area (Å²) < 4.78 is 62.6. The van der Waals surface area contributed by atoms with Gasteiger partial charge in [0.25, 0.3) is 0 Å². The third-order valence-electron chi connectivity index (χ3n) is 6.38. The molecule has 41 heavy (non-hydrogen) atoms. The maximum absolute atomic E-state index is 15.0. The van der Waals surface area contributed by atoms with Crippen LogP contribution in [0.25, 0.3) is 11.3 Å². The van der Waals surface area contributed by atoms with Crippen LogP contribution in [0.1, 0.15) is 56.6 Å². The molecule has 0 aliphatic rings. The van der Waals surface area contributed by atoms with Crippen LogP contribution >= 0.6 is 11.3 Å². The van der Waals surface area contributed by atoms with Gasteiger partial charge in [-0.2, -0.15) is 17.6 Å². The molecule has 0 aliphatic heterocycles. The number of carboxylic acids is 1. The molecule has 0 fully saturated rings. The zero-order chi connectivity index (χ0) is 30.0. The number of aryl methyl sites for hydroxylation is 1. The fraction of sp³-hybridized carbons (Fsp3) is 0.429. The maximum Gasteiger partial charge on any atom is 0.420 e. The molecule has 3 aromatic rings. The van der Waals surface area contributed by atoms with E-state index in [1.54, 1.807) is 6.07 Å². The van der Waals surface area contributed by atoms with Crippen molar-refractivity contribution in [1.29, 1.82) is 0 Å². The lowest BCUT2D eigenvalue weighted by Gasteiger charge is -2.23. The highest BCUT2D eigenvalue weighted by Crippen LogP contribution is 2.40. The van der Waals surface area contributed by atoms with Crippen LogP contribution in [0.3, 0.4) is 0 Å². The van der Waals surface area contributed by atoms with Crippen molar-refractivity contribution in [1.82, 2.24) is 9.97 Å². The smallest absolute Gasteiger partial charge is 0.420 e. The van der Waals surface area contributed by atoms with E-state index in [1.807, 2.05) is 0 Å². The van der Waals surface area contributed by atoms with E-state index in [0.717, 1.165) is 38.2 Å². The molecule has 3 N–H and O–H groups in total. The Morgan fingerprint density at radius 3 is 2.51 bits per heavy atom. The van der Waals surface area contributed by atoms with Gasteiger partial charge in [0.15, 0.2) is 0 Å². The number of aliphatic carboxylic acids is 1. The number of hydrogen-bond acceptors (Lipinski definition) is 7. The Morgan fingerprint density at radius 2 is 1.88 bits per heavy atom. The highest BCUT2D eigenvalue weighted by Gasteiger charge is 2.35. The first-order chi connectivity index (χ1) is 19.6. The number of anilines is 2. The van der Waals surface area contributed by atoms with Gasteiger partial charge in [-0.25, -0.2) is 14.7 Å². The summed E-state index contributed by atoms with van der Waals surface area (Å²) in [6, 6.07) is 6.49. The van der Waals surface area contributed by atoms with Crippen molar-refractivity contribution in [3.63, 3.8) is 0 Å². The lowest BCUT2D eigenvalue weighted by atomic mass is 9.99. The number of rotatable bonds is 14. The first kappa shape index (κ1) is 31.9. The molecule has 1 unspecified atom stereocenters. The van der Waals surface area contributed by atoms with E-state index in [-0.39, 0.29) is 35.0 Å². The second-order valence-corrected chi connectivity index (χ2v) is 10.3. The van der Waals surface area contributed by atoms with E-state index in [0.29, 0.717) is 28.2 Å². The molecule has 3 rings (SSSR count). The number of aromatic nitrogens is 2. The zero-order valence-corrected chi connectivity index (χ0v) is 23.3. The molecule has 0 saturated carbocycles. The average molecular weight is 597 g/mol. The summed E-state index contributed by atoms with van der Waals surface area (Å²) in [5, 5.41) is 8.13. The molecule has 0 radical (unpaired) electrons. The molecule has 8 nitrogen and oxygen atoms in total. The molecule has 0 bridgehead atoms. The largest absolute Gasteiger partial charge is 0.481 e. The zero-order valence-electron chi connectivity index (χ0n) is 22.5. The molecule has 0 spiro atoms. The predicted octanol–water partition coefficient (Wildman–Crippen LogP) is 7.20. The summed E-state index contributed by atoms with van der Waals surface area (Å²) >= 11 is 0.425. The van der Waals surface area contributed by atoms with E-state index in [2.05, 4.69) is 16.9 Å². The van der Waals surface area contributed by atoms with Crippen LogP contribution in [0.15, 0.2) is 42.7 Å². The van der Waals surface area contributed by atoms with Crippen molar-refractivity contribution >= 4 is 34.2 Å². The van der Waals surface area contributed by atoms with E-state index in [1.165, 1.54) is 30.6 Å². The monoisotopic (exact) mass is 596 g/mol. The number of nitrogens with zero attached hydrogens (tertiary/aromatic N) is 3. The number of nitrogens with two attached hydrogens (primary N) is 1. The summed E-state index contributed by atoms with van der Waals surface area (Å²) in [4.78, 5) is 33.3. The average Bonchev–Trinajstić information content (AvgIpc) is 3.32. The van der Waals surface area contributed by atoms with E-state index < -0.39 is 41.5 Å². The molecule has 2 aromatic heterocycles. The van der Waals surface area contributed by atoms with Crippen molar-refractivity contribution in [2.45, 2.75) is 58.0 Å². The number of amides is 1. The van der Waals surface area contributed by atoms with Crippen molar-refractivity contribution in [2.75, 3.05) is 18.1 Å².